The van der Waals surface area contributed by atoms with E-state index in [9.17, 15) is 0 Å². The van der Waals surface area contributed by atoms with Gasteiger partial charge in [0.25, 0.3) is 0 Å². The molecule has 6 heteroatoms. The molecule has 0 aliphatic carbocycles. The predicted octanol–water partition coefficient (Wildman–Crippen LogP) is 2.16. The molecule has 2 N–H and O–H groups in total. The second-order valence-electron chi connectivity index (χ2n) is 4.30. The molecule has 0 saturated carbocycles. The van der Waals surface area contributed by atoms with E-state index in [1.165, 1.54) is 0 Å². The molecule has 18 heavy (non-hydrogen) atoms. The average molecular weight is 273 g/mol. The van der Waals surface area contributed by atoms with E-state index in [2.05, 4.69) is 22.2 Å². The van der Waals surface area contributed by atoms with Crippen LogP contribution in [0, 0.1) is 0 Å². The molecule has 0 atom stereocenters. The van der Waals surface area contributed by atoms with Gasteiger partial charge in [0.2, 0.25) is 5.95 Å². The zero-order valence-electron chi connectivity index (χ0n) is 11.1. The monoisotopic (exact) mass is 272 g/mol. The van der Waals surface area contributed by atoms with Gasteiger partial charge < -0.3 is 15.3 Å². The molecule has 5 nitrogen and oxygen atoms in total. The molecule has 0 unspecified atom stereocenters. The molecule has 0 aliphatic heterocycles. The summed E-state index contributed by atoms with van der Waals surface area (Å²) in [6, 6.07) is 0.212. The van der Waals surface area contributed by atoms with Gasteiger partial charge in [0, 0.05) is 19.1 Å². The Labute approximate surface area is 113 Å². The largest absolute Gasteiger partial charge is 0.395 e. The first-order chi connectivity index (χ1) is 8.60. The number of hydrogen-bond donors (Lipinski definition) is 2. The zero-order chi connectivity index (χ0) is 13.5. The summed E-state index contributed by atoms with van der Waals surface area (Å²) in [4.78, 5) is 10.5. The van der Waals surface area contributed by atoms with E-state index in [4.69, 9.17) is 16.7 Å². The standard InChI is InChI=1S/C12H21ClN4O/c1-4-5-14-12-15-8-10(13)11(16-12)17(6-7-18)9(2)3/h8-9,18H,4-7H2,1-3H3,(H,14,15,16). The molecule has 0 radical (unpaired) electrons. The van der Waals surface area contributed by atoms with E-state index in [0.29, 0.717) is 23.3 Å². The lowest BCUT2D eigenvalue weighted by Gasteiger charge is -2.27. The number of halogens is 1. The number of hydrogen-bond acceptors (Lipinski definition) is 5. The maximum atomic E-state index is 9.10. The Morgan fingerprint density at radius 1 is 1.50 bits per heavy atom. The highest BCUT2D eigenvalue weighted by Gasteiger charge is 2.16. The number of aliphatic hydroxyl groups is 1. The molecular weight excluding hydrogens is 252 g/mol. The van der Waals surface area contributed by atoms with E-state index < -0.39 is 0 Å². The van der Waals surface area contributed by atoms with Crippen molar-refractivity contribution in [1.82, 2.24) is 9.97 Å². The summed E-state index contributed by atoms with van der Waals surface area (Å²) >= 11 is 6.13. The zero-order valence-corrected chi connectivity index (χ0v) is 11.9. The minimum Gasteiger partial charge on any atom is -0.395 e. The molecule has 1 aromatic rings. The summed E-state index contributed by atoms with van der Waals surface area (Å²) in [7, 11) is 0. The first-order valence-corrected chi connectivity index (χ1v) is 6.61. The summed E-state index contributed by atoms with van der Waals surface area (Å²) in [5, 5.41) is 12.7. The third-order valence-electron chi connectivity index (χ3n) is 2.50. The van der Waals surface area contributed by atoms with Crippen molar-refractivity contribution in [3.63, 3.8) is 0 Å². The van der Waals surface area contributed by atoms with Crippen LogP contribution in [0.15, 0.2) is 6.20 Å². The second-order valence-corrected chi connectivity index (χ2v) is 4.71. The van der Waals surface area contributed by atoms with Crippen molar-refractivity contribution in [2.45, 2.75) is 33.2 Å². The maximum Gasteiger partial charge on any atom is 0.224 e. The average Bonchev–Trinajstić information content (AvgIpc) is 2.35. The highest BCUT2D eigenvalue weighted by atomic mass is 35.5. The normalized spacial score (nSPS) is 10.8. The second kappa shape index (κ2) is 7.38. The van der Waals surface area contributed by atoms with Crippen LogP contribution in [0.3, 0.4) is 0 Å². The van der Waals surface area contributed by atoms with Gasteiger partial charge in [0.1, 0.15) is 5.02 Å². The van der Waals surface area contributed by atoms with Crippen LogP contribution in [-0.2, 0) is 0 Å². The summed E-state index contributed by atoms with van der Waals surface area (Å²) < 4.78 is 0. The maximum absolute atomic E-state index is 9.10. The highest BCUT2D eigenvalue weighted by Crippen LogP contribution is 2.25. The fourth-order valence-electron chi connectivity index (χ4n) is 1.60. The summed E-state index contributed by atoms with van der Waals surface area (Å²) in [6.07, 6.45) is 2.60. The molecule has 1 heterocycles. The van der Waals surface area contributed by atoms with Gasteiger partial charge in [0.05, 0.1) is 12.8 Å². The number of aliphatic hydroxyl groups excluding tert-OH is 1. The van der Waals surface area contributed by atoms with E-state index in [1.54, 1.807) is 6.20 Å². The third kappa shape index (κ3) is 3.99. The molecule has 0 spiro atoms. The molecule has 0 fully saturated rings. The Bertz CT molecular complexity index is 373. The van der Waals surface area contributed by atoms with Crippen LogP contribution in [0.4, 0.5) is 11.8 Å². The molecule has 1 rings (SSSR count). The van der Waals surface area contributed by atoms with Crippen LogP contribution in [-0.4, -0.2) is 40.8 Å². The number of nitrogens with one attached hydrogen (secondary N) is 1. The third-order valence-corrected chi connectivity index (χ3v) is 2.76. The van der Waals surface area contributed by atoms with Crippen LogP contribution >= 0.6 is 11.6 Å². The van der Waals surface area contributed by atoms with Crippen molar-refractivity contribution < 1.29 is 5.11 Å². The molecule has 102 valence electrons. The van der Waals surface area contributed by atoms with Crippen LogP contribution in [0.25, 0.3) is 0 Å². The van der Waals surface area contributed by atoms with Crippen molar-refractivity contribution in [3.05, 3.63) is 11.2 Å². The lowest BCUT2D eigenvalue weighted by molar-refractivity contribution is 0.298. The Balaban J connectivity index is 2.96. The smallest absolute Gasteiger partial charge is 0.224 e. The van der Waals surface area contributed by atoms with Crippen molar-refractivity contribution in [2.75, 3.05) is 29.9 Å². The fraction of sp³-hybridized carbons (Fsp3) is 0.667. The molecular formula is C12H21ClN4O. The van der Waals surface area contributed by atoms with Crippen molar-refractivity contribution in [1.29, 1.82) is 0 Å². The molecule has 0 bridgehead atoms. The fourth-order valence-corrected chi connectivity index (χ4v) is 1.80. The SMILES string of the molecule is CCCNc1ncc(Cl)c(N(CCO)C(C)C)n1. The Kier molecular flexibility index (Phi) is 6.15. The van der Waals surface area contributed by atoms with E-state index in [-0.39, 0.29) is 12.6 Å². The van der Waals surface area contributed by atoms with E-state index >= 15 is 0 Å². The molecule has 0 amide bonds. The lowest BCUT2D eigenvalue weighted by atomic mass is 10.3. The van der Waals surface area contributed by atoms with Gasteiger partial charge in [0.15, 0.2) is 5.82 Å². The van der Waals surface area contributed by atoms with E-state index in [0.717, 1.165) is 13.0 Å². The first-order valence-electron chi connectivity index (χ1n) is 6.24. The van der Waals surface area contributed by atoms with Crippen LogP contribution in [0.1, 0.15) is 27.2 Å². The van der Waals surface area contributed by atoms with Crippen LogP contribution in [0.5, 0.6) is 0 Å². The molecule has 0 aliphatic rings. The number of anilines is 2. The summed E-state index contributed by atoms with van der Waals surface area (Å²) in [5.41, 5.74) is 0. The minimum atomic E-state index is 0.0657. The topological polar surface area (TPSA) is 61.3 Å². The summed E-state index contributed by atoms with van der Waals surface area (Å²) in [5.74, 6) is 1.23. The molecule has 0 aromatic carbocycles. The predicted molar refractivity (Wildman–Crippen MR) is 75.4 cm³/mol. The van der Waals surface area contributed by atoms with Crippen molar-refractivity contribution >= 4 is 23.4 Å². The minimum absolute atomic E-state index is 0.0657. The molecule has 0 saturated heterocycles. The summed E-state index contributed by atoms with van der Waals surface area (Å²) in [6.45, 7) is 7.54. The van der Waals surface area contributed by atoms with Gasteiger partial charge in [-0.3, -0.25) is 0 Å². The number of aromatic nitrogens is 2. The van der Waals surface area contributed by atoms with Gasteiger partial charge in [-0.15, -0.1) is 0 Å². The Hall–Kier alpha value is -1.07. The van der Waals surface area contributed by atoms with Gasteiger partial charge in [-0.2, -0.15) is 4.98 Å². The van der Waals surface area contributed by atoms with Crippen LogP contribution < -0.4 is 10.2 Å². The van der Waals surface area contributed by atoms with Gasteiger partial charge >= 0.3 is 0 Å². The van der Waals surface area contributed by atoms with Crippen molar-refractivity contribution in [2.24, 2.45) is 0 Å². The number of rotatable bonds is 7. The Morgan fingerprint density at radius 3 is 2.78 bits per heavy atom. The van der Waals surface area contributed by atoms with Crippen molar-refractivity contribution in [3.8, 4) is 0 Å². The quantitative estimate of drug-likeness (QED) is 0.796. The van der Waals surface area contributed by atoms with Gasteiger partial charge in [-0.25, -0.2) is 4.98 Å². The van der Waals surface area contributed by atoms with Gasteiger partial charge in [-0.1, -0.05) is 18.5 Å². The lowest BCUT2D eigenvalue weighted by Crippen LogP contribution is -2.34. The van der Waals surface area contributed by atoms with E-state index in [1.807, 2.05) is 18.7 Å². The van der Waals surface area contributed by atoms with Gasteiger partial charge in [-0.05, 0) is 20.3 Å². The Morgan fingerprint density at radius 2 is 2.22 bits per heavy atom. The first kappa shape index (κ1) is 15.0. The molecule has 1 aromatic heterocycles. The highest BCUT2D eigenvalue weighted by molar-refractivity contribution is 6.32. The number of nitrogens with zero attached hydrogens (tertiary/aromatic N) is 3. The van der Waals surface area contributed by atoms with Crippen LogP contribution in [0.2, 0.25) is 5.02 Å².